The third-order valence-corrected chi connectivity index (χ3v) is 6.72. The van der Waals surface area contributed by atoms with E-state index in [1.54, 1.807) is 30.5 Å². The average Bonchev–Trinajstić information content (AvgIpc) is 3.15. The third-order valence-electron chi connectivity index (χ3n) is 4.46. The van der Waals surface area contributed by atoms with Crippen LogP contribution in [-0.4, -0.2) is 23.6 Å². The summed E-state index contributed by atoms with van der Waals surface area (Å²) >= 11 is 9.20. The van der Waals surface area contributed by atoms with Crippen molar-refractivity contribution in [2.45, 2.75) is 30.2 Å². The highest BCUT2D eigenvalue weighted by Gasteiger charge is 2.27. The second-order valence-electron chi connectivity index (χ2n) is 6.38. The molecule has 1 aromatic carbocycles. The molecule has 3 aromatic rings. The lowest BCUT2D eigenvalue weighted by Crippen LogP contribution is -2.30. The smallest absolute Gasteiger partial charge is 0.242 e. The van der Waals surface area contributed by atoms with Gasteiger partial charge in [0.25, 0.3) is 0 Å². The topological polar surface area (TPSA) is 97.0 Å². The Kier molecular flexibility index (Phi) is 5.42. The van der Waals surface area contributed by atoms with Crippen LogP contribution in [0.15, 0.2) is 52.1 Å². The van der Waals surface area contributed by atoms with Crippen molar-refractivity contribution in [2.75, 3.05) is 0 Å². The molecule has 0 radical (unpaired) electrons. The molecular weight excluding hydrogens is 468 g/mol. The van der Waals surface area contributed by atoms with E-state index >= 15 is 0 Å². The fourth-order valence-corrected chi connectivity index (χ4v) is 5.01. The van der Waals surface area contributed by atoms with Gasteiger partial charge in [0.05, 0.1) is 22.9 Å². The average molecular weight is 484 g/mol. The first kappa shape index (κ1) is 19.4. The molecule has 2 N–H and O–H groups in total. The van der Waals surface area contributed by atoms with Gasteiger partial charge >= 0.3 is 0 Å². The van der Waals surface area contributed by atoms with Gasteiger partial charge in [-0.05, 0) is 65.5 Å². The van der Waals surface area contributed by atoms with Crippen LogP contribution in [-0.2, 0) is 16.4 Å². The number of rotatable bonds is 5. The Bertz CT molecular complexity index is 1100. The van der Waals surface area contributed by atoms with E-state index in [1.165, 1.54) is 12.3 Å². The van der Waals surface area contributed by atoms with Gasteiger partial charge in [-0.2, -0.15) is 5.10 Å². The number of nitrogens with zero attached hydrogens (tertiary/aromatic N) is 2. The summed E-state index contributed by atoms with van der Waals surface area (Å²) in [6.45, 7) is 0. The van der Waals surface area contributed by atoms with Crippen LogP contribution in [0.4, 0.5) is 0 Å². The predicted octanol–water partition coefficient (Wildman–Crippen LogP) is 4.37. The molecule has 7 nitrogen and oxygen atoms in total. The minimum atomic E-state index is -3.76. The van der Waals surface area contributed by atoms with Crippen molar-refractivity contribution in [1.82, 2.24) is 19.9 Å². The molecular formula is C18H16BrClN4O3S. The van der Waals surface area contributed by atoms with Crippen LogP contribution in [0.2, 0.25) is 5.02 Å². The summed E-state index contributed by atoms with van der Waals surface area (Å²) in [5.74, 6) is 0.803. The van der Waals surface area contributed by atoms with Gasteiger partial charge < -0.3 is 4.74 Å². The maximum absolute atomic E-state index is 12.8. The maximum Gasteiger partial charge on any atom is 0.242 e. The molecule has 1 atom stereocenters. The van der Waals surface area contributed by atoms with Gasteiger partial charge in [-0.3, -0.25) is 5.10 Å². The first-order chi connectivity index (χ1) is 13.4. The first-order valence-electron chi connectivity index (χ1n) is 8.56. The minimum Gasteiger partial charge on any atom is -0.438 e. The highest BCUT2D eigenvalue weighted by molar-refractivity contribution is 9.10. The van der Waals surface area contributed by atoms with Gasteiger partial charge in [-0.1, -0.05) is 11.6 Å². The zero-order valence-corrected chi connectivity index (χ0v) is 17.7. The number of hydrogen-bond donors (Lipinski definition) is 2. The van der Waals surface area contributed by atoms with E-state index in [-0.39, 0.29) is 16.8 Å². The zero-order valence-electron chi connectivity index (χ0n) is 14.5. The standard InChI is InChI=1S/C18H16BrClN4O3S/c19-15-8-13(9-21-18(15)27-12-6-4-11(20)5-7-12)28(25,26)24-17-3-1-2-16-14(17)10-22-23-16/h4-10,17,24H,1-3H2,(H,22,23)/t17-/m1/s1. The summed E-state index contributed by atoms with van der Waals surface area (Å²) in [4.78, 5) is 4.20. The number of fused-ring (bicyclic) bond motifs is 1. The molecule has 0 aliphatic heterocycles. The molecule has 0 bridgehead atoms. The fourth-order valence-electron chi connectivity index (χ4n) is 3.08. The molecule has 1 aliphatic carbocycles. The number of pyridine rings is 1. The Morgan fingerprint density at radius 3 is 2.79 bits per heavy atom. The van der Waals surface area contributed by atoms with E-state index in [1.807, 2.05) is 0 Å². The molecule has 28 heavy (non-hydrogen) atoms. The molecule has 0 saturated heterocycles. The number of benzene rings is 1. The van der Waals surface area contributed by atoms with Crippen molar-refractivity contribution < 1.29 is 13.2 Å². The van der Waals surface area contributed by atoms with Crippen LogP contribution in [0.25, 0.3) is 0 Å². The monoisotopic (exact) mass is 482 g/mol. The Morgan fingerprint density at radius 1 is 1.25 bits per heavy atom. The fraction of sp³-hybridized carbons (Fsp3) is 0.222. The molecule has 4 rings (SSSR count). The second kappa shape index (κ2) is 7.82. The number of H-pyrrole nitrogens is 1. The van der Waals surface area contributed by atoms with Gasteiger partial charge in [0.1, 0.15) is 10.6 Å². The lowest BCUT2D eigenvalue weighted by atomic mass is 9.94. The van der Waals surface area contributed by atoms with Crippen LogP contribution >= 0.6 is 27.5 Å². The summed E-state index contributed by atoms with van der Waals surface area (Å²) in [7, 11) is -3.76. The van der Waals surface area contributed by atoms with E-state index in [4.69, 9.17) is 16.3 Å². The van der Waals surface area contributed by atoms with Crippen molar-refractivity contribution >= 4 is 37.6 Å². The van der Waals surface area contributed by atoms with Crippen molar-refractivity contribution in [3.05, 3.63) is 63.5 Å². The van der Waals surface area contributed by atoms with Crippen LogP contribution in [0.1, 0.15) is 30.1 Å². The van der Waals surface area contributed by atoms with E-state index in [9.17, 15) is 8.42 Å². The largest absolute Gasteiger partial charge is 0.438 e. The molecule has 10 heteroatoms. The van der Waals surface area contributed by atoms with Crippen molar-refractivity contribution in [1.29, 1.82) is 0 Å². The molecule has 0 saturated carbocycles. The van der Waals surface area contributed by atoms with Gasteiger partial charge in [-0.15, -0.1) is 0 Å². The number of ether oxygens (including phenoxy) is 1. The quantitative estimate of drug-likeness (QED) is 0.562. The predicted molar refractivity (Wildman–Crippen MR) is 108 cm³/mol. The highest BCUT2D eigenvalue weighted by Crippen LogP contribution is 2.32. The summed E-state index contributed by atoms with van der Waals surface area (Å²) in [6, 6.07) is 7.96. The number of aromatic amines is 1. The van der Waals surface area contributed by atoms with E-state index in [0.717, 1.165) is 30.5 Å². The van der Waals surface area contributed by atoms with Gasteiger partial charge in [0.15, 0.2) is 0 Å². The van der Waals surface area contributed by atoms with Crippen LogP contribution in [0.5, 0.6) is 11.6 Å². The number of sulfonamides is 1. The Balaban J connectivity index is 1.54. The molecule has 1 aliphatic rings. The van der Waals surface area contributed by atoms with Crippen LogP contribution in [0.3, 0.4) is 0 Å². The maximum atomic E-state index is 12.8. The summed E-state index contributed by atoms with van der Waals surface area (Å²) in [5.41, 5.74) is 1.87. The Hall–Kier alpha value is -1.94. The number of aryl methyl sites for hydroxylation is 1. The molecule has 0 unspecified atom stereocenters. The first-order valence-corrected chi connectivity index (χ1v) is 11.2. The minimum absolute atomic E-state index is 0.0541. The van der Waals surface area contributed by atoms with E-state index in [2.05, 4.69) is 35.8 Å². The van der Waals surface area contributed by atoms with E-state index in [0.29, 0.717) is 15.2 Å². The molecule has 2 aromatic heterocycles. The molecule has 146 valence electrons. The third kappa shape index (κ3) is 4.07. The number of aromatic nitrogens is 3. The number of halogens is 2. The lowest BCUT2D eigenvalue weighted by molar-refractivity contribution is 0.458. The van der Waals surface area contributed by atoms with Gasteiger partial charge in [-0.25, -0.2) is 18.1 Å². The van der Waals surface area contributed by atoms with Gasteiger partial charge in [0, 0.05) is 16.3 Å². The highest BCUT2D eigenvalue weighted by atomic mass is 79.9. The summed E-state index contributed by atoms with van der Waals surface area (Å²) in [6.07, 6.45) is 5.43. The van der Waals surface area contributed by atoms with Crippen molar-refractivity contribution in [3.8, 4) is 11.6 Å². The van der Waals surface area contributed by atoms with Crippen molar-refractivity contribution in [2.24, 2.45) is 0 Å². The zero-order chi connectivity index (χ0) is 19.7. The van der Waals surface area contributed by atoms with E-state index < -0.39 is 10.0 Å². The number of nitrogens with one attached hydrogen (secondary N) is 2. The second-order valence-corrected chi connectivity index (χ2v) is 9.39. The van der Waals surface area contributed by atoms with Crippen LogP contribution in [0, 0.1) is 0 Å². The normalized spacial score (nSPS) is 16.6. The van der Waals surface area contributed by atoms with Gasteiger partial charge in [0.2, 0.25) is 15.9 Å². The van der Waals surface area contributed by atoms with Crippen molar-refractivity contribution in [3.63, 3.8) is 0 Å². The molecule has 0 amide bonds. The lowest BCUT2D eigenvalue weighted by Gasteiger charge is -2.22. The Labute approximate surface area is 175 Å². The number of hydrogen-bond acceptors (Lipinski definition) is 5. The summed E-state index contributed by atoms with van der Waals surface area (Å²) < 4.78 is 34.5. The Morgan fingerprint density at radius 2 is 2.04 bits per heavy atom. The summed E-state index contributed by atoms with van der Waals surface area (Å²) in [5, 5.41) is 7.54. The molecule has 0 spiro atoms. The van der Waals surface area contributed by atoms with Crippen LogP contribution < -0.4 is 9.46 Å². The SMILES string of the molecule is O=S(=O)(N[C@@H]1CCCc2[nH]ncc21)c1cnc(Oc2ccc(Cl)cc2)c(Br)c1. The molecule has 0 fully saturated rings. The molecule has 2 heterocycles.